The van der Waals surface area contributed by atoms with Crippen LogP contribution < -0.4 is 10.1 Å². The van der Waals surface area contributed by atoms with Crippen LogP contribution in [0, 0.1) is 0 Å². The number of amides is 1. The van der Waals surface area contributed by atoms with E-state index in [1.807, 2.05) is 0 Å². The van der Waals surface area contributed by atoms with Gasteiger partial charge in [-0.05, 0) is 52.0 Å². The van der Waals surface area contributed by atoms with E-state index in [0.717, 1.165) is 6.92 Å². The molecule has 0 saturated carbocycles. The number of ether oxygens (including phenoxy) is 2. The van der Waals surface area contributed by atoms with E-state index in [0.29, 0.717) is 5.75 Å². The van der Waals surface area contributed by atoms with Gasteiger partial charge in [-0.3, -0.25) is 10.1 Å². The topological polar surface area (TPSA) is 102 Å². The first kappa shape index (κ1) is 18.5. The highest BCUT2D eigenvalue weighted by molar-refractivity contribution is 6.17. The number of rotatable bonds is 5. The van der Waals surface area contributed by atoms with Gasteiger partial charge in [-0.2, -0.15) is 0 Å². The second-order valence-electron chi connectivity index (χ2n) is 6.11. The fourth-order valence-corrected chi connectivity index (χ4v) is 1.75. The molecule has 1 amide bonds. The van der Waals surface area contributed by atoms with Gasteiger partial charge in [0.25, 0.3) is 0 Å². The van der Waals surface area contributed by atoms with Crippen molar-refractivity contribution in [3.05, 3.63) is 29.8 Å². The molecule has 0 radical (unpaired) electrons. The predicted molar refractivity (Wildman–Crippen MR) is 82.7 cm³/mol. The number of carboxylic acids is 1. The molecule has 7 heteroatoms. The van der Waals surface area contributed by atoms with E-state index in [4.69, 9.17) is 9.47 Å². The minimum absolute atomic E-state index is 0.131. The molecule has 0 spiro atoms. The molecule has 0 aliphatic rings. The van der Waals surface area contributed by atoms with Crippen LogP contribution >= 0.6 is 0 Å². The van der Waals surface area contributed by atoms with E-state index in [9.17, 15) is 19.5 Å². The third-order valence-electron chi connectivity index (χ3n) is 2.99. The molecule has 0 fully saturated rings. The first-order chi connectivity index (χ1) is 10.5. The molecular weight excluding hydrogens is 302 g/mol. The fraction of sp³-hybridized carbons (Fsp3) is 0.438. The zero-order chi connectivity index (χ0) is 17.8. The molecular formula is C16H21NO6. The van der Waals surface area contributed by atoms with Crippen molar-refractivity contribution in [2.45, 2.75) is 38.8 Å². The van der Waals surface area contributed by atoms with E-state index in [-0.39, 0.29) is 5.56 Å². The first-order valence-corrected chi connectivity index (χ1v) is 6.93. The molecule has 7 nitrogen and oxygen atoms in total. The molecule has 0 saturated heterocycles. The Balaban J connectivity index is 3.05. The third-order valence-corrected chi connectivity index (χ3v) is 2.99. The van der Waals surface area contributed by atoms with Gasteiger partial charge in [0.2, 0.25) is 5.54 Å². The Morgan fingerprint density at radius 1 is 1.04 bits per heavy atom. The van der Waals surface area contributed by atoms with Gasteiger partial charge in [0.05, 0.1) is 7.11 Å². The largest absolute Gasteiger partial charge is 0.497 e. The highest BCUT2D eigenvalue weighted by Crippen LogP contribution is 2.19. The monoisotopic (exact) mass is 323 g/mol. The molecule has 0 aromatic heterocycles. The van der Waals surface area contributed by atoms with Crippen molar-refractivity contribution in [3.63, 3.8) is 0 Å². The van der Waals surface area contributed by atoms with Crippen LogP contribution in [-0.4, -0.2) is 41.2 Å². The molecule has 0 heterocycles. The molecule has 0 bridgehead atoms. The number of Topliss-reactive ketones (excluding diaryl/α,β-unsaturated/α-hetero) is 1. The van der Waals surface area contributed by atoms with Gasteiger partial charge in [-0.1, -0.05) is 0 Å². The van der Waals surface area contributed by atoms with E-state index in [1.165, 1.54) is 31.4 Å². The maximum Gasteiger partial charge on any atom is 0.408 e. The van der Waals surface area contributed by atoms with Crippen LogP contribution in [0.5, 0.6) is 5.75 Å². The number of benzene rings is 1. The van der Waals surface area contributed by atoms with Crippen molar-refractivity contribution >= 4 is 17.8 Å². The molecule has 1 rings (SSSR count). The summed E-state index contributed by atoms with van der Waals surface area (Å²) in [6.07, 6.45) is -0.982. The van der Waals surface area contributed by atoms with Crippen LogP contribution in [0.15, 0.2) is 24.3 Å². The molecule has 23 heavy (non-hydrogen) atoms. The quantitative estimate of drug-likeness (QED) is 0.636. The van der Waals surface area contributed by atoms with Crippen LogP contribution in [0.3, 0.4) is 0 Å². The van der Waals surface area contributed by atoms with Crippen LogP contribution in [0.4, 0.5) is 4.79 Å². The molecule has 0 aliphatic carbocycles. The highest BCUT2D eigenvalue weighted by Gasteiger charge is 2.44. The van der Waals surface area contributed by atoms with Gasteiger partial charge < -0.3 is 14.6 Å². The normalized spacial score (nSPS) is 13.6. The lowest BCUT2D eigenvalue weighted by atomic mass is 9.91. The summed E-state index contributed by atoms with van der Waals surface area (Å²) >= 11 is 0. The summed E-state index contributed by atoms with van der Waals surface area (Å²) in [5.41, 5.74) is -2.82. The minimum Gasteiger partial charge on any atom is -0.497 e. The molecule has 1 aromatic carbocycles. The Bertz CT molecular complexity index is 602. The summed E-state index contributed by atoms with van der Waals surface area (Å²) in [5.74, 6) is -1.72. The Kier molecular flexibility index (Phi) is 5.37. The fourth-order valence-electron chi connectivity index (χ4n) is 1.75. The maximum atomic E-state index is 12.5. The SMILES string of the molecule is COc1ccc(C(=O)C(C)(NC(=O)OC(C)(C)C)C(=O)O)cc1. The smallest absolute Gasteiger partial charge is 0.408 e. The molecule has 1 atom stereocenters. The average molecular weight is 323 g/mol. The number of nitrogens with one attached hydrogen (secondary N) is 1. The van der Waals surface area contributed by atoms with Gasteiger partial charge >= 0.3 is 12.1 Å². The van der Waals surface area contributed by atoms with Crippen LogP contribution in [0.1, 0.15) is 38.1 Å². The van der Waals surface area contributed by atoms with Crippen molar-refractivity contribution in [2.24, 2.45) is 0 Å². The molecule has 1 aromatic rings. The standard InChI is InChI=1S/C16H21NO6/c1-15(2,3)23-14(21)17-16(4,13(19)20)12(18)10-6-8-11(22-5)9-7-10/h6-9H,1-5H3,(H,17,21)(H,19,20). The van der Waals surface area contributed by atoms with Crippen molar-refractivity contribution in [3.8, 4) is 5.75 Å². The van der Waals surface area contributed by atoms with Gasteiger partial charge in [-0.15, -0.1) is 0 Å². The number of carbonyl (C=O) groups excluding carboxylic acids is 2. The van der Waals surface area contributed by atoms with Gasteiger partial charge in [0.15, 0.2) is 5.78 Å². The molecule has 0 aliphatic heterocycles. The predicted octanol–water partition coefficient (Wildman–Crippen LogP) is 2.25. The van der Waals surface area contributed by atoms with Crippen LogP contribution in [0.2, 0.25) is 0 Å². The number of methoxy groups -OCH3 is 1. The van der Waals surface area contributed by atoms with E-state index in [2.05, 4.69) is 5.32 Å². The van der Waals surface area contributed by atoms with Gasteiger partial charge in [0, 0.05) is 5.56 Å². The maximum absolute atomic E-state index is 12.5. The van der Waals surface area contributed by atoms with E-state index >= 15 is 0 Å². The number of ketones is 1. The molecule has 126 valence electrons. The van der Waals surface area contributed by atoms with Crippen molar-refractivity contribution < 1.29 is 29.0 Å². The molecule has 2 N–H and O–H groups in total. The number of carboxylic acid groups (broad SMARTS) is 1. The average Bonchev–Trinajstić information content (AvgIpc) is 2.44. The highest BCUT2D eigenvalue weighted by atomic mass is 16.6. The van der Waals surface area contributed by atoms with Crippen LogP contribution in [0.25, 0.3) is 0 Å². The number of alkyl carbamates (subject to hydrolysis) is 1. The summed E-state index contributed by atoms with van der Waals surface area (Å²) in [7, 11) is 1.47. The Labute approximate surface area is 134 Å². The number of hydrogen-bond donors (Lipinski definition) is 2. The lowest BCUT2D eigenvalue weighted by Crippen LogP contribution is -2.58. The second-order valence-corrected chi connectivity index (χ2v) is 6.11. The van der Waals surface area contributed by atoms with Crippen molar-refractivity contribution in [1.82, 2.24) is 5.32 Å². The summed E-state index contributed by atoms with van der Waals surface area (Å²) < 4.78 is 10.0. The van der Waals surface area contributed by atoms with E-state index < -0.39 is 29.0 Å². The van der Waals surface area contributed by atoms with Crippen molar-refractivity contribution in [1.29, 1.82) is 0 Å². The first-order valence-electron chi connectivity index (χ1n) is 6.93. The summed E-state index contributed by atoms with van der Waals surface area (Å²) in [5, 5.41) is 11.5. The van der Waals surface area contributed by atoms with Gasteiger partial charge in [0.1, 0.15) is 11.4 Å². The Morgan fingerprint density at radius 3 is 1.96 bits per heavy atom. The number of aliphatic carboxylic acids is 1. The van der Waals surface area contributed by atoms with Crippen molar-refractivity contribution in [2.75, 3.05) is 7.11 Å². The van der Waals surface area contributed by atoms with Gasteiger partial charge in [-0.25, -0.2) is 9.59 Å². The zero-order valence-electron chi connectivity index (χ0n) is 13.8. The third kappa shape index (κ3) is 4.70. The second kappa shape index (κ2) is 6.68. The van der Waals surface area contributed by atoms with E-state index in [1.54, 1.807) is 20.8 Å². The Morgan fingerprint density at radius 2 is 1.57 bits per heavy atom. The number of carbonyl (C=O) groups is 3. The number of hydrogen-bond acceptors (Lipinski definition) is 5. The minimum atomic E-state index is -2.14. The molecule has 1 unspecified atom stereocenters. The zero-order valence-corrected chi connectivity index (χ0v) is 13.8. The summed E-state index contributed by atoms with van der Waals surface area (Å²) in [6.45, 7) is 6.02. The lowest BCUT2D eigenvalue weighted by molar-refractivity contribution is -0.142. The Hall–Kier alpha value is -2.57. The summed E-state index contributed by atoms with van der Waals surface area (Å²) in [6, 6.07) is 5.92. The summed E-state index contributed by atoms with van der Waals surface area (Å²) in [4.78, 5) is 35.9. The lowest BCUT2D eigenvalue weighted by Gasteiger charge is -2.27. The van der Waals surface area contributed by atoms with Crippen LogP contribution in [-0.2, 0) is 9.53 Å².